The van der Waals surface area contributed by atoms with Crippen LogP contribution in [0, 0.1) is 0 Å². The fraction of sp³-hybridized carbons (Fsp3) is 0.667. The summed E-state index contributed by atoms with van der Waals surface area (Å²) >= 11 is 0. The predicted octanol–water partition coefficient (Wildman–Crippen LogP) is 2.28. The van der Waals surface area contributed by atoms with E-state index in [0.717, 1.165) is 83.6 Å². The van der Waals surface area contributed by atoms with Gasteiger partial charge < -0.3 is 14.5 Å². The van der Waals surface area contributed by atoms with Gasteiger partial charge in [0.1, 0.15) is 0 Å². The Morgan fingerprint density at radius 2 is 1.87 bits per heavy atom. The van der Waals surface area contributed by atoms with Crippen LogP contribution in [0.4, 0.5) is 0 Å². The van der Waals surface area contributed by atoms with Crippen LogP contribution in [0.5, 0.6) is 0 Å². The zero-order chi connectivity index (χ0) is 21.0. The number of ether oxygens (including phenoxy) is 1. The molecule has 3 aliphatic rings. The Balaban J connectivity index is 1.35. The van der Waals surface area contributed by atoms with Crippen LogP contribution in [-0.2, 0) is 19.7 Å². The third-order valence-electron chi connectivity index (χ3n) is 6.99. The minimum atomic E-state index is -0.319. The van der Waals surface area contributed by atoms with Crippen molar-refractivity contribution in [3.8, 4) is 0 Å². The van der Waals surface area contributed by atoms with Gasteiger partial charge in [0.15, 0.2) is 0 Å². The monoisotopic (exact) mass is 413 g/mol. The van der Waals surface area contributed by atoms with Gasteiger partial charge in [0.05, 0.1) is 18.6 Å². The molecule has 2 saturated heterocycles. The molecule has 0 aromatic heterocycles. The normalized spacial score (nSPS) is 23.8. The number of benzene rings is 1. The van der Waals surface area contributed by atoms with Crippen molar-refractivity contribution in [1.29, 1.82) is 0 Å². The first-order chi connectivity index (χ1) is 14.6. The molecule has 1 atom stereocenters. The second-order valence-corrected chi connectivity index (χ2v) is 9.02. The van der Waals surface area contributed by atoms with Crippen molar-refractivity contribution in [2.75, 3.05) is 52.5 Å². The standard InChI is InChI=1S/C24H35N3O3/c1-20(28)27(14-6-12-25-15-17-30-18-16-25)22-9-5-13-26(19-22)23(29)24(10-11-24)21-7-3-2-4-8-21/h2-4,7-8,22H,5-6,9-19H2,1H3. The van der Waals surface area contributed by atoms with Crippen LogP contribution in [0.15, 0.2) is 30.3 Å². The van der Waals surface area contributed by atoms with Gasteiger partial charge in [0.2, 0.25) is 11.8 Å². The molecule has 0 bridgehead atoms. The molecule has 2 aliphatic heterocycles. The largest absolute Gasteiger partial charge is 0.379 e. The molecule has 3 fully saturated rings. The number of hydrogen-bond acceptors (Lipinski definition) is 4. The zero-order valence-corrected chi connectivity index (χ0v) is 18.2. The average Bonchev–Trinajstić information content (AvgIpc) is 3.59. The van der Waals surface area contributed by atoms with E-state index in [1.165, 1.54) is 0 Å². The lowest BCUT2D eigenvalue weighted by Gasteiger charge is -2.40. The van der Waals surface area contributed by atoms with Gasteiger partial charge in [-0.3, -0.25) is 14.5 Å². The van der Waals surface area contributed by atoms with E-state index in [4.69, 9.17) is 4.74 Å². The maximum atomic E-state index is 13.4. The highest BCUT2D eigenvalue weighted by Gasteiger charge is 2.53. The van der Waals surface area contributed by atoms with E-state index in [1.807, 2.05) is 28.0 Å². The first kappa shape index (κ1) is 21.3. The van der Waals surface area contributed by atoms with Gasteiger partial charge >= 0.3 is 0 Å². The Morgan fingerprint density at radius 1 is 1.13 bits per heavy atom. The molecule has 2 heterocycles. The Labute approximate surface area is 180 Å². The molecule has 30 heavy (non-hydrogen) atoms. The third-order valence-corrected chi connectivity index (χ3v) is 6.99. The Kier molecular flexibility index (Phi) is 6.74. The van der Waals surface area contributed by atoms with Gasteiger partial charge in [0.25, 0.3) is 0 Å². The van der Waals surface area contributed by atoms with E-state index in [2.05, 4.69) is 17.0 Å². The minimum absolute atomic E-state index is 0.125. The minimum Gasteiger partial charge on any atom is -0.379 e. The fourth-order valence-electron chi connectivity index (χ4n) is 5.09. The lowest BCUT2D eigenvalue weighted by molar-refractivity contribution is -0.140. The van der Waals surface area contributed by atoms with Crippen LogP contribution in [0.25, 0.3) is 0 Å². The summed E-state index contributed by atoms with van der Waals surface area (Å²) < 4.78 is 5.42. The van der Waals surface area contributed by atoms with Gasteiger partial charge in [-0.15, -0.1) is 0 Å². The van der Waals surface area contributed by atoms with Gasteiger partial charge in [-0.1, -0.05) is 30.3 Å². The molecule has 1 aliphatic carbocycles. The highest BCUT2D eigenvalue weighted by atomic mass is 16.5. The van der Waals surface area contributed by atoms with Crippen molar-refractivity contribution in [3.63, 3.8) is 0 Å². The van der Waals surface area contributed by atoms with E-state index >= 15 is 0 Å². The second-order valence-electron chi connectivity index (χ2n) is 9.02. The van der Waals surface area contributed by atoms with Crippen LogP contribution < -0.4 is 0 Å². The number of morpholine rings is 1. The van der Waals surface area contributed by atoms with E-state index in [-0.39, 0.29) is 23.3 Å². The van der Waals surface area contributed by atoms with Gasteiger partial charge in [0, 0.05) is 52.2 Å². The summed E-state index contributed by atoms with van der Waals surface area (Å²) in [6, 6.07) is 10.3. The van der Waals surface area contributed by atoms with Gasteiger partial charge in [-0.25, -0.2) is 0 Å². The molecule has 0 radical (unpaired) electrons. The van der Waals surface area contributed by atoms with Crippen molar-refractivity contribution in [2.24, 2.45) is 0 Å². The maximum absolute atomic E-state index is 13.4. The highest BCUT2D eigenvalue weighted by Crippen LogP contribution is 2.49. The molecule has 1 aromatic rings. The lowest BCUT2D eigenvalue weighted by Crippen LogP contribution is -2.53. The van der Waals surface area contributed by atoms with Crippen LogP contribution in [-0.4, -0.2) is 85.0 Å². The first-order valence-electron chi connectivity index (χ1n) is 11.5. The van der Waals surface area contributed by atoms with Gasteiger partial charge in [-0.05, 0) is 37.7 Å². The Bertz CT molecular complexity index is 728. The quantitative estimate of drug-likeness (QED) is 0.688. The van der Waals surface area contributed by atoms with Crippen LogP contribution in [0.1, 0.15) is 44.6 Å². The molecule has 164 valence electrons. The summed E-state index contributed by atoms with van der Waals surface area (Å²) in [5.74, 6) is 0.385. The number of rotatable bonds is 7. The summed E-state index contributed by atoms with van der Waals surface area (Å²) in [6.07, 6.45) is 4.80. The SMILES string of the molecule is CC(=O)N(CCCN1CCOCC1)C1CCCN(C(=O)C2(c3ccccc3)CC2)C1. The molecular formula is C24H35N3O3. The van der Waals surface area contributed by atoms with E-state index < -0.39 is 0 Å². The average molecular weight is 414 g/mol. The predicted molar refractivity (Wildman–Crippen MR) is 116 cm³/mol. The van der Waals surface area contributed by atoms with Crippen LogP contribution in [0.2, 0.25) is 0 Å². The highest BCUT2D eigenvalue weighted by molar-refractivity contribution is 5.91. The van der Waals surface area contributed by atoms with Crippen LogP contribution in [0.3, 0.4) is 0 Å². The number of nitrogens with zero attached hydrogens (tertiary/aromatic N) is 3. The fourth-order valence-corrected chi connectivity index (χ4v) is 5.09. The maximum Gasteiger partial charge on any atom is 0.233 e. The molecule has 1 saturated carbocycles. The first-order valence-corrected chi connectivity index (χ1v) is 11.5. The summed E-state index contributed by atoms with van der Waals surface area (Å²) in [6.45, 7) is 8.48. The number of carbonyl (C=O) groups is 2. The van der Waals surface area contributed by atoms with Crippen molar-refractivity contribution in [1.82, 2.24) is 14.7 Å². The number of piperidine rings is 1. The molecule has 0 spiro atoms. The molecule has 6 nitrogen and oxygen atoms in total. The lowest BCUT2D eigenvalue weighted by atomic mass is 9.92. The molecule has 2 amide bonds. The summed E-state index contributed by atoms with van der Waals surface area (Å²) in [4.78, 5) is 32.3. The van der Waals surface area contributed by atoms with Crippen molar-refractivity contribution < 1.29 is 14.3 Å². The Hall–Kier alpha value is -1.92. The summed E-state index contributed by atoms with van der Waals surface area (Å²) in [5.41, 5.74) is 0.826. The smallest absolute Gasteiger partial charge is 0.233 e. The Morgan fingerprint density at radius 3 is 2.53 bits per heavy atom. The summed E-state index contributed by atoms with van der Waals surface area (Å²) in [7, 11) is 0. The van der Waals surface area contributed by atoms with E-state index in [0.29, 0.717) is 6.54 Å². The zero-order valence-electron chi connectivity index (χ0n) is 18.2. The molecule has 6 heteroatoms. The number of hydrogen-bond donors (Lipinski definition) is 0. The van der Waals surface area contributed by atoms with Crippen molar-refractivity contribution >= 4 is 11.8 Å². The van der Waals surface area contributed by atoms with E-state index in [1.54, 1.807) is 6.92 Å². The van der Waals surface area contributed by atoms with Crippen molar-refractivity contribution in [3.05, 3.63) is 35.9 Å². The third kappa shape index (κ3) is 4.70. The second kappa shape index (κ2) is 9.48. The molecule has 0 N–H and O–H groups in total. The topological polar surface area (TPSA) is 53.1 Å². The molecule has 1 aromatic carbocycles. The summed E-state index contributed by atoms with van der Waals surface area (Å²) in [5, 5.41) is 0. The number of likely N-dealkylation sites (tertiary alicyclic amines) is 1. The van der Waals surface area contributed by atoms with Crippen LogP contribution >= 0.6 is 0 Å². The molecule has 4 rings (SSSR count). The van der Waals surface area contributed by atoms with E-state index in [9.17, 15) is 9.59 Å². The number of amides is 2. The van der Waals surface area contributed by atoms with Gasteiger partial charge in [-0.2, -0.15) is 0 Å². The molecular weight excluding hydrogens is 378 g/mol. The molecule has 1 unspecified atom stereocenters. The number of carbonyl (C=O) groups excluding carboxylic acids is 2. The van der Waals surface area contributed by atoms with Crippen molar-refractivity contribution in [2.45, 2.75) is 50.5 Å².